The van der Waals surface area contributed by atoms with Crippen LogP contribution in [0.3, 0.4) is 0 Å². The lowest BCUT2D eigenvalue weighted by Gasteiger charge is -2.16. The fourth-order valence-corrected chi connectivity index (χ4v) is 4.43. The molecule has 1 amide bonds. The van der Waals surface area contributed by atoms with Gasteiger partial charge in [0.05, 0.1) is 19.1 Å². The highest BCUT2D eigenvalue weighted by atomic mass is 32.2. The molecule has 0 saturated carbocycles. The number of thiocarbonyl (C=S) groups is 1. The predicted octanol–water partition coefficient (Wildman–Crippen LogP) is 4.35. The van der Waals surface area contributed by atoms with Crippen LogP contribution < -0.4 is 14.2 Å². The maximum atomic E-state index is 12.9. The van der Waals surface area contributed by atoms with Crippen molar-refractivity contribution in [2.24, 2.45) is 0 Å². The van der Waals surface area contributed by atoms with Gasteiger partial charge in [0.2, 0.25) is 5.75 Å². The maximum Gasteiger partial charge on any atom is 0.303 e. The largest absolute Gasteiger partial charge is 0.493 e. The van der Waals surface area contributed by atoms with E-state index >= 15 is 0 Å². The molecular formula is C23H23NO6S2. The van der Waals surface area contributed by atoms with Crippen LogP contribution >= 0.6 is 24.0 Å². The number of thioether (sulfide) groups is 1. The van der Waals surface area contributed by atoms with Gasteiger partial charge in [0.15, 0.2) is 11.5 Å². The van der Waals surface area contributed by atoms with Crippen LogP contribution in [0.5, 0.6) is 17.2 Å². The minimum atomic E-state index is -0.906. The van der Waals surface area contributed by atoms with Gasteiger partial charge in [0, 0.05) is 18.5 Å². The molecule has 1 heterocycles. The zero-order chi connectivity index (χ0) is 23.1. The zero-order valence-electron chi connectivity index (χ0n) is 17.7. The van der Waals surface area contributed by atoms with Crippen molar-refractivity contribution in [3.63, 3.8) is 0 Å². The Kier molecular flexibility index (Phi) is 8.13. The Hall–Kier alpha value is -3.04. The summed E-state index contributed by atoms with van der Waals surface area (Å²) in [5.41, 5.74) is 1.62. The van der Waals surface area contributed by atoms with Crippen LogP contribution in [0.25, 0.3) is 6.08 Å². The van der Waals surface area contributed by atoms with Crippen molar-refractivity contribution in [2.75, 3.05) is 20.8 Å². The molecule has 1 N–H and O–H groups in total. The minimum Gasteiger partial charge on any atom is -0.493 e. The van der Waals surface area contributed by atoms with Crippen molar-refractivity contribution in [3.8, 4) is 17.2 Å². The quantitative estimate of drug-likeness (QED) is 0.403. The number of carboxylic acid groups (broad SMARTS) is 1. The Morgan fingerprint density at radius 2 is 1.88 bits per heavy atom. The summed E-state index contributed by atoms with van der Waals surface area (Å²) in [7, 11) is 3.07. The average molecular weight is 474 g/mol. The predicted molar refractivity (Wildman–Crippen MR) is 127 cm³/mol. The monoisotopic (exact) mass is 473 g/mol. The summed E-state index contributed by atoms with van der Waals surface area (Å²) in [6.45, 7) is 0.568. The molecule has 1 fully saturated rings. The second kappa shape index (κ2) is 11.0. The van der Waals surface area contributed by atoms with Crippen LogP contribution in [0, 0.1) is 0 Å². The van der Waals surface area contributed by atoms with Gasteiger partial charge in [-0.1, -0.05) is 54.3 Å². The lowest BCUT2D eigenvalue weighted by atomic mass is 10.1. The van der Waals surface area contributed by atoms with Crippen molar-refractivity contribution in [3.05, 3.63) is 58.5 Å². The Morgan fingerprint density at radius 1 is 1.12 bits per heavy atom. The van der Waals surface area contributed by atoms with Crippen molar-refractivity contribution in [1.82, 2.24) is 4.90 Å². The number of carbonyl (C=O) groups is 2. The highest BCUT2D eigenvalue weighted by Gasteiger charge is 2.32. The van der Waals surface area contributed by atoms with E-state index in [4.69, 9.17) is 31.5 Å². The van der Waals surface area contributed by atoms with Gasteiger partial charge in [-0.2, -0.15) is 0 Å². The Bertz CT molecular complexity index is 1040. The van der Waals surface area contributed by atoms with Crippen LogP contribution in [0.1, 0.15) is 24.0 Å². The third kappa shape index (κ3) is 5.60. The lowest BCUT2D eigenvalue weighted by Crippen LogP contribution is -2.29. The van der Waals surface area contributed by atoms with Crippen LogP contribution in [-0.2, 0) is 16.2 Å². The number of methoxy groups -OCH3 is 2. The lowest BCUT2D eigenvalue weighted by molar-refractivity contribution is -0.137. The molecule has 2 aromatic carbocycles. The molecule has 0 bridgehead atoms. The molecule has 2 aromatic rings. The standard InChI is InChI=1S/C23H23NO6S2/c1-28-17-11-10-16(20(21(17)29-2)30-14-15-7-4-3-5-8-15)13-18-22(27)24(23(31)32-18)12-6-9-19(25)26/h3-5,7-8,10-11,13H,6,9,12,14H2,1-2H3,(H,25,26). The molecule has 0 aromatic heterocycles. The summed E-state index contributed by atoms with van der Waals surface area (Å²) in [6.07, 6.45) is 2.01. The van der Waals surface area contributed by atoms with Crippen LogP contribution in [0.2, 0.25) is 0 Å². The molecule has 32 heavy (non-hydrogen) atoms. The first-order valence-electron chi connectivity index (χ1n) is 9.83. The number of hydrogen-bond acceptors (Lipinski definition) is 7. The van der Waals surface area contributed by atoms with Crippen LogP contribution in [0.4, 0.5) is 0 Å². The molecule has 9 heteroatoms. The molecule has 0 aliphatic carbocycles. The van der Waals surface area contributed by atoms with E-state index in [1.54, 1.807) is 25.3 Å². The van der Waals surface area contributed by atoms with E-state index in [1.807, 2.05) is 30.3 Å². The molecule has 3 rings (SSSR count). The van der Waals surface area contributed by atoms with Gasteiger partial charge in [0.25, 0.3) is 5.91 Å². The Balaban J connectivity index is 1.89. The number of carboxylic acids is 1. The number of benzene rings is 2. The summed E-state index contributed by atoms with van der Waals surface area (Å²) in [5.74, 6) is 0.223. The van der Waals surface area contributed by atoms with Crippen LogP contribution in [0.15, 0.2) is 47.4 Å². The number of carbonyl (C=O) groups excluding carboxylic acids is 1. The maximum absolute atomic E-state index is 12.9. The first kappa shape index (κ1) is 23.6. The Morgan fingerprint density at radius 3 is 2.53 bits per heavy atom. The van der Waals surface area contributed by atoms with Gasteiger partial charge >= 0.3 is 5.97 Å². The van der Waals surface area contributed by atoms with E-state index in [9.17, 15) is 9.59 Å². The first-order valence-corrected chi connectivity index (χ1v) is 11.1. The normalized spacial score (nSPS) is 14.7. The van der Waals surface area contributed by atoms with E-state index in [0.717, 1.165) is 5.56 Å². The molecule has 1 saturated heterocycles. The number of nitrogens with zero attached hydrogens (tertiary/aromatic N) is 1. The summed E-state index contributed by atoms with van der Waals surface area (Å²) < 4.78 is 17.4. The highest BCUT2D eigenvalue weighted by Crippen LogP contribution is 2.43. The van der Waals surface area contributed by atoms with Crippen molar-refractivity contribution < 1.29 is 28.9 Å². The van der Waals surface area contributed by atoms with Crippen molar-refractivity contribution in [2.45, 2.75) is 19.4 Å². The minimum absolute atomic E-state index is 0.0245. The molecule has 0 radical (unpaired) electrons. The summed E-state index contributed by atoms with van der Waals surface area (Å²) in [5, 5.41) is 8.83. The second-order valence-corrected chi connectivity index (χ2v) is 8.50. The molecule has 0 spiro atoms. The van der Waals surface area contributed by atoms with Gasteiger partial charge in [0.1, 0.15) is 10.9 Å². The van der Waals surface area contributed by atoms with Gasteiger partial charge in [-0.05, 0) is 30.2 Å². The molecule has 0 atom stereocenters. The van der Waals surface area contributed by atoms with Gasteiger partial charge < -0.3 is 19.3 Å². The third-order valence-electron chi connectivity index (χ3n) is 4.69. The number of hydrogen-bond donors (Lipinski definition) is 1. The number of aliphatic carboxylic acids is 1. The van der Waals surface area contributed by atoms with Gasteiger partial charge in [-0.15, -0.1) is 0 Å². The first-order chi connectivity index (χ1) is 15.4. The number of amides is 1. The fourth-order valence-electron chi connectivity index (χ4n) is 3.13. The molecular weight excluding hydrogens is 450 g/mol. The van der Waals surface area contributed by atoms with Crippen LogP contribution in [-0.4, -0.2) is 47.0 Å². The SMILES string of the molecule is COc1ccc(C=C2SC(=S)N(CCCC(=O)O)C2=O)c(OCc2ccccc2)c1OC. The second-order valence-electron chi connectivity index (χ2n) is 6.82. The van der Waals surface area contributed by atoms with Crippen molar-refractivity contribution in [1.29, 1.82) is 0 Å². The van der Waals surface area contributed by atoms with Gasteiger partial charge in [-0.25, -0.2) is 0 Å². The zero-order valence-corrected chi connectivity index (χ0v) is 19.3. The van der Waals surface area contributed by atoms with Crippen molar-refractivity contribution >= 4 is 46.3 Å². The van der Waals surface area contributed by atoms with E-state index in [-0.39, 0.29) is 18.9 Å². The molecule has 1 aliphatic heterocycles. The fraction of sp³-hybridized carbons (Fsp3) is 0.261. The molecule has 168 valence electrons. The number of rotatable bonds is 10. The molecule has 1 aliphatic rings. The highest BCUT2D eigenvalue weighted by molar-refractivity contribution is 8.26. The Labute approximate surface area is 196 Å². The third-order valence-corrected chi connectivity index (χ3v) is 6.07. The van der Waals surface area contributed by atoms with Gasteiger partial charge in [-0.3, -0.25) is 14.5 Å². The summed E-state index contributed by atoms with van der Waals surface area (Å²) in [4.78, 5) is 25.5. The van der Waals surface area contributed by atoms with E-state index in [0.29, 0.717) is 45.1 Å². The van der Waals surface area contributed by atoms with E-state index in [2.05, 4.69) is 0 Å². The topological polar surface area (TPSA) is 85.3 Å². The van der Waals surface area contributed by atoms with E-state index in [1.165, 1.54) is 23.8 Å². The smallest absolute Gasteiger partial charge is 0.303 e. The number of ether oxygens (including phenoxy) is 3. The summed E-state index contributed by atoms with van der Waals surface area (Å²) >= 11 is 6.51. The van der Waals surface area contributed by atoms with E-state index < -0.39 is 5.97 Å². The summed E-state index contributed by atoms with van der Waals surface area (Å²) in [6, 6.07) is 13.2. The molecule has 7 nitrogen and oxygen atoms in total. The average Bonchev–Trinajstić information content (AvgIpc) is 3.05. The molecule has 0 unspecified atom stereocenters.